The first-order chi connectivity index (χ1) is 30.8. The third-order valence-corrected chi connectivity index (χ3v) is 16.8. The van der Waals surface area contributed by atoms with Crippen LogP contribution < -0.4 is 0 Å². The molecule has 2 unspecified atom stereocenters. The molecule has 8 rings (SSSR count). The molecule has 0 aliphatic heterocycles. The lowest BCUT2D eigenvalue weighted by atomic mass is 9.67. The van der Waals surface area contributed by atoms with E-state index < -0.39 is 23.3 Å². The summed E-state index contributed by atoms with van der Waals surface area (Å²) >= 11 is 0. The minimum Gasteiger partial charge on any atom is -0.365 e. The molecular formula is C58H74F4O. The van der Waals surface area contributed by atoms with Crippen LogP contribution in [-0.2, 0) is 4.74 Å². The van der Waals surface area contributed by atoms with Crippen molar-refractivity contribution in [1.82, 2.24) is 0 Å². The van der Waals surface area contributed by atoms with E-state index in [2.05, 4.69) is 62.4 Å². The Kier molecular flexibility index (Phi) is 16.2. The maximum atomic E-state index is 14.3. The van der Waals surface area contributed by atoms with Gasteiger partial charge >= 0.3 is 0 Å². The van der Waals surface area contributed by atoms with Crippen LogP contribution in [-0.4, -0.2) is 0 Å². The summed E-state index contributed by atoms with van der Waals surface area (Å²) in [7, 11) is 0. The molecule has 4 aromatic rings. The third kappa shape index (κ3) is 11.7. The van der Waals surface area contributed by atoms with Crippen molar-refractivity contribution in [2.24, 2.45) is 47.3 Å². The summed E-state index contributed by atoms with van der Waals surface area (Å²) in [5.74, 6) is 2.53. The van der Waals surface area contributed by atoms with E-state index in [0.29, 0.717) is 23.0 Å². The molecule has 0 N–H and O–H groups in total. The molecule has 340 valence electrons. The Balaban J connectivity index is 1.04. The van der Waals surface area contributed by atoms with Gasteiger partial charge in [0.15, 0.2) is 23.3 Å². The van der Waals surface area contributed by atoms with E-state index >= 15 is 0 Å². The molecule has 4 aromatic carbocycles. The van der Waals surface area contributed by atoms with Gasteiger partial charge in [0.25, 0.3) is 0 Å². The first kappa shape index (κ1) is 46.1. The molecule has 0 amide bonds. The molecule has 4 aliphatic rings. The fourth-order valence-corrected chi connectivity index (χ4v) is 12.9. The summed E-state index contributed by atoms with van der Waals surface area (Å²) in [4.78, 5) is 0. The van der Waals surface area contributed by atoms with E-state index in [9.17, 15) is 17.6 Å². The quantitative estimate of drug-likeness (QED) is 0.102. The van der Waals surface area contributed by atoms with Gasteiger partial charge in [-0.05, 0) is 182 Å². The summed E-state index contributed by atoms with van der Waals surface area (Å²) < 4.78 is 64.2. The molecule has 0 bridgehead atoms. The van der Waals surface area contributed by atoms with Gasteiger partial charge in [0, 0.05) is 0 Å². The summed E-state index contributed by atoms with van der Waals surface area (Å²) in [6.45, 7) is 4.62. The monoisotopic (exact) mass is 863 g/mol. The average Bonchev–Trinajstić information content (AvgIpc) is 3.33. The van der Waals surface area contributed by atoms with Crippen molar-refractivity contribution in [2.45, 2.75) is 167 Å². The maximum absolute atomic E-state index is 14.3. The molecule has 2 atom stereocenters. The number of hydrogen-bond donors (Lipinski definition) is 0. The normalized spacial score (nSPS) is 27.8. The van der Waals surface area contributed by atoms with Crippen LogP contribution in [0.5, 0.6) is 0 Å². The molecular weight excluding hydrogens is 789 g/mol. The standard InChI is InChI=1S/C58H74F4O/c1-3-5-7-39-9-13-41(14-10-39)43-17-25-47(26-18-43)57(49-29-21-45(22-30-49)51-33-35-53(59)55(61)37-51)63-58(50-31-23-46(24-32-50)52-34-36-54(60)56(62)38-52)48-27-19-44(20-28-48)42-15-11-40(12-16-42)8-6-4-2/h21-24,29-44,47-48,57-58H,3-20,25-28H2,1-2H3/t39-,40-,41-,42-,43-,44-,47-,48-,57?,58?. The number of ether oxygens (including phenoxy) is 1. The minimum atomic E-state index is -0.836. The second-order valence-electron chi connectivity index (χ2n) is 20.7. The fourth-order valence-electron chi connectivity index (χ4n) is 12.9. The minimum absolute atomic E-state index is 0.110. The van der Waals surface area contributed by atoms with E-state index in [1.54, 1.807) is 12.1 Å². The van der Waals surface area contributed by atoms with Crippen LogP contribution in [0.4, 0.5) is 17.6 Å². The molecule has 4 saturated carbocycles. The average molecular weight is 863 g/mol. The van der Waals surface area contributed by atoms with Gasteiger partial charge in [-0.25, -0.2) is 17.6 Å². The molecule has 63 heavy (non-hydrogen) atoms. The highest BCUT2D eigenvalue weighted by Crippen LogP contribution is 2.51. The van der Waals surface area contributed by atoms with Gasteiger partial charge in [-0.15, -0.1) is 0 Å². The Bertz CT molecular complexity index is 1850. The Morgan fingerprint density at radius 3 is 1.03 bits per heavy atom. The Morgan fingerprint density at radius 2 is 0.714 bits per heavy atom. The molecule has 0 heterocycles. The van der Waals surface area contributed by atoms with Gasteiger partial charge in [0.1, 0.15) is 0 Å². The molecule has 1 nitrogen and oxygen atoms in total. The second-order valence-corrected chi connectivity index (χ2v) is 20.7. The summed E-state index contributed by atoms with van der Waals surface area (Å²) in [5, 5.41) is 0. The summed E-state index contributed by atoms with van der Waals surface area (Å²) in [6.07, 6.45) is 28.7. The van der Waals surface area contributed by atoms with Gasteiger partial charge in [-0.3, -0.25) is 0 Å². The van der Waals surface area contributed by atoms with Crippen LogP contribution in [0.1, 0.15) is 178 Å². The highest BCUT2D eigenvalue weighted by atomic mass is 19.2. The highest BCUT2D eigenvalue weighted by Gasteiger charge is 2.39. The molecule has 0 spiro atoms. The third-order valence-electron chi connectivity index (χ3n) is 16.8. The van der Waals surface area contributed by atoms with Crippen molar-refractivity contribution in [1.29, 1.82) is 0 Å². The molecule has 4 fully saturated rings. The predicted molar refractivity (Wildman–Crippen MR) is 251 cm³/mol. The molecule has 5 heteroatoms. The zero-order valence-corrected chi connectivity index (χ0v) is 38.3. The molecule has 0 saturated heterocycles. The Morgan fingerprint density at radius 1 is 0.397 bits per heavy atom. The second kappa shape index (κ2) is 22.2. The Labute approximate surface area is 377 Å². The topological polar surface area (TPSA) is 9.23 Å². The van der Waals surface area contributed by atoms with E-state index in [1.807, 2.05) is 0 Å². The van der Waals surface area contributed by atoms with Crippen molar-refractivity contribution in [2.75, 3.05) is 0 Å². The van der Waals surface area contributed by atoms with Crippen molar-refractivity contribution in [3.8, 4) is 22.3 Å². The van der Waals surface area contributed by atoms with Crippen molar-refractivity contribution < 1.29 is 22.3 Å². The number of benzene rings is 4. The smallest absolute Gasteiger partial charge is 0.159 e. The van der Waals surface area contributed by atoms with Crippen LogP contribution in [0, 0.1) is 70.6 Å². The molecule has 0 aromatic heterocycles. The van der Waals surface area contributed by atoms with E-state index in [1.165, 1.54) is 140 Å². The van der Waals surface area contributed by atoms with Crippen LogP contribution in [0.2, 0.25) is 0 Å². The zero-order chi connectivity index (χ0) is 43.7. The summed E-state index contributed by atoms with van der Waals surface area (Å²) in [5.41, 5.74) is 5.34. The van der Waals surface area contributed by atoms with Gasteiger partial charge in [-0.2, -0.15) is 0 Å². The van der Waals surface area contributed by atoms with Gasteiger partial charge in [0.05, 0.1) is 12.2 Å². The number of hydrogen-bond acceptors (Lipinski definition) is 1. The fraction of sp³-hybridized carbons (Fsp3) is 0.586. The number of unbranched alkanes of at least 4 members (excludes halogenated alkanes) is 2. The largest absolute Gasteiger partial charge is 0.365 e. The van der Waals surface area contributed by atoms with E-state index in [0.717, 1.165) is 83.4 Å². The predicted octanol–water partition coefficient (Wildman–Crippen LogP) is 18.0. The first-order valence-corrected chi connectivity index (χ1v) is 25.5. The Hall–Kier alpha value is -3.44. The lowest BCUT2D eigenvalue weighted by molar-refractivity contribution is -0.0934. The van der Waals surface area contributed by atoms with Gasteiger partial charge < -0.3 is 4.74 Å². The maximum Gasteiger partial charge on any atom is 0.159 e. The van der Waals surface area contributed by atoms with E-state index in [-0.39, 0.29) is 12.2 Å². The van der Waals surface area contributed by atoms with Gasteiger partial charge in [-0.1, -0.05) is 139 Å². The van der Waals surface area contributed by atoms with Crippen LogP contribution in [0.3, 0.4) is 0 Å². The SMILES string of the molecule is CCCC[C@H]1CC[C@H]([C@H]2CC[C@H](C(OC(c3ccc(-c4ccc(F)c(F)c4)cc3)[C@H]3CC[C@H]([C@H]4CC[C@H](CCCC)CC4)CC3)c3ccc(-c4ccc(F)c(F)c4)cc3)CC2)CC1. The van der Waals surface area contributed by atoms with Crippen LogP contribution in [0.25, 0.3) is 22.3 Å². The van der Waals surface area contributed by atoms with Crippen LogP contribution >= 0.6 is 0 Å². The summed E-state index contributed by atoms with van der Waals surface area (Å²) in [6, 6.07) is 25.1. The van der Waals surface area contributed by atoms with E-state index in [4.69, 9.17) is 4.74 Å². The molecule has 4 aliphatic carbocycles. The zero-order valence-electron chi connectivity index (χ0n) is 38.3. The lowest BCUT2D eigenvalue weighted by Crippen LogP contribution is -2.31. The number of halogens is 4. The van der Waals surface area contributed by atoms with Crippen molar-refractivity contribution in [3.63, 3.8) is 0 Å². The number of rotatable bonds is 16. The van der Waals surface area contributed by atoms with Crippen molar-refractivity contribution >= 4 is 0 Å². The van der Waals surface area contributed by atoms with Gasteiger partial charge in [0.2, 0.25) is 0 Å². The van der Waals surface area contributed by atoms with Crippen LogP contribution in [0.15, 0.2) is 84.9 Å². The molecule has 0 radical (unpaired) electrons. The van der Waals surface area contributed by atoms with Crippen molar-refractivity contribution in [3.05, 3.63) is 119 Å². The first-order valence-electron chi connectivity index (χ1n) is 25.5. The lowest BCUT2D eigenvalue weighted by Gasteiger charge is -2.43. The highest BCUT2D eigenvalue weighted by molar-refractivity contribution is 5.64.